The van der Waals surface area contributed by atoms with E-state index >= 15 is 0 Å². The van der Waals surface area contributed by atoms with E-state index in [1.54, 1.807) is 0 Å². The van der Waals surface area contributed by atoms with E-state index in [0.29, 0.717) is 12.1 Å². The quantitative estimate of drug-likeness (QED) is 0.868. The number of hydrogen-bond donors (Lipinski definition) is 1. The van der Waals surface area contributed by atoms with E-state index in [2.05, 4.69) is 48.0 Å². The van der Waals surface area contributed by atoms with Crippen molar-refractivity contribution in [2.45, 2.75) is 38.8 Å². The number of likely N-dealkylation sites (tertiary alicyclic amines) is 1. The summed E-state index contributed by atoms with van der Waals surface area (Å²) >= 11 is 1.81. The van der Waals surface area contributed by atoms with Gasteiger partial charge in [0.1, 0.15) is 0 Å². The van der Waals surface area contributed by atoms with Gasteiger partial charge in [0, 0.05) is 36.8 Å². The first-order valence-corrected chi connectivity index (χ1v) is 8.04. The number of aromatic nitrogens is 1. The van der Waals surface area contributed by atoms with Crippen LogP contribution >= 0.6 is 11.3 Å². The van der Waals surface area contributed by atoms with Crippen LogP contribution < -0.4 is 10.2 Å². The number of nitrogens with one attached hydrogen (secondary N) is 1. The van der Waals surface area contributed by atoms with Crippen LogP contribution in [0.5, 0.6) is 0 Å². The van der Waals surface area contributed by atoms with Crippen molar-refractivity contribution >= 4 is 16.5 Å². The van der Waals surface area contributed by atoms with E-state index in [4.69, 9.17) is 0 Å². The van der Waals surface area contributed by atoms with E-state index in [1.807, 2.05) is 17.5 Å². The lowest BCUT2D eigenvalue weighted by atomic mass is 10.2. The van der Waals surface area contributed by atoms with Gasteiger partial charge in [0.25, 0.3) is 0 Å². The maximum Gasteiger partial charge on any atom is 0.185 e. The molecule has 1 aromatic rings. The third-order valence-corrected chi connectivity index (χ3v) is 5.23. The summed E-state index contributed by atoms with van der Waals surface area (Å²) in [6.45, 7) is 7.65. The first kappa shape index (κ1) is 14.8. The van der Waals surface area contributed by atoms with Crippen LogP contribution in [0.4, 0.5) is 5.13 Å². The first-order valence-electron chi connectivity index (χ1n) is 7.22. The van der Waals surface area contributed by atoms with Crippen molar-refractivity contribution < 1.29 is 0 Å². The number of hydrogen-bond acceptors (Lipinski definition) is 5. The molecule has 0 spiro atoms. The highest BCUT2D eigenvalue weighted by Crippen LogP contribution is 2.27. The normalized spacial score (nSPS) is 21.8. The van der Waals surface area contributed by atoms with Crippen molar-refractivity contribution in [3.05, 3.63) is 11.1 Å². The van der Waals surface area contributed by atoms with Gasteiger partial charge in [-0.1, -0.05) is 6.92 Å². The Morgan fingerprint density at radius 1 is 1.63 bits per heavy atom. The molecule has 1 fully saturated rings. The van der Waals surface area contributed by atoms with Crippen molar-refractivity contribution in [1.29, 1.82) is 0 Å². The highest BCUT2D eigenvalue weighted by atomic mass is 32.1. The first-order chi connectivity index (χ1) is 9.11. The molecule has 0 bridgehead atoms. The van der Waals surface area contributed by atoms with Crippen molar-refractivity contribution in [1.82, 2.24) is 15.2 Å². The monoisotopic (exact) mass is 282 g/mol. The summed E-state index contributed by atoms with van der Waals surface area (Å²) in [6, 6.07) is 1.09. The largest absolute Gasteiger partial charge is 0.350 e. The van der Waals surface area contributed by atoms with E-state index in [1.165, 1.54) is 24.3 Å². The lowest BCUT2D eigenvalue weighted by Gasteiger charge is -2.25. The predicted molar refractivity (Wildman–Crippen MR) is 83.1 cm³/mol. The predicted octanol–water partition coefficient (Wildman–Crippen LogP) is 2.34. The molecule has 19 heavy (non-hydrogen) atoms. The lowest BCUT2D eigenvalue weighted by Crippen LogP contribution is -2.36. The van der Waals surface area contributed by atoms with Crippen molar-refractivity contribution in [3.63, 3.8) is 0 Å². The third kappa shape index (κ3) is 3.68. The molecule has 2 heterocycles. The van der Waals surface area contributed by atoms with Gasteiger partial charge in [-0.25, -0.2) is 4.98 Å². The van der Waals surface area contributed by atoms with Gasteiger partial charge in [-0.3, -0.25) is 0 Å². The Labute approximate surface area is 120 Å². The van der Waals surface area contributed by atoms with Crippen molar-refractivity contribution in [3.8, 4) is 0 Å². The second kappa shape index (κ2) is 6.68. The summed E-state index contributed by atoms with van der Waals surface area (Å²) in [7, 11) is 4.39. The Balaban J connectivity index is 1.93. The van der Waals surface area contributed by atoms with E-state index in [0.717, 1.165) is 18.2 Å². The molecule has 1 aromatic heterocycles. The van der Waals surface area contributed by atoms with Gasteiger partial charge in [-0.2, -0.15) is 0 Å². The summed E-state index contributed by atoms with van der Waals surface area (Å²) in [6.07, 6.45) is 4.66. The molecule has 5 heteroatoms. The molecule has 2 atom stereocenters. The SMILES string of the molecule is CCNC(C)c1cnc(N(C)CC2CCCN2C)s1. The Kier molecular flexibility index (Phi) is 5.19. The fraction of sp³-hybridized carbons (Fsp3) is 0.786. The van der Waals surface area contributed by atoms with Crippen LogP contribution in [0.3, 0.4) is 0 Å². The number of likely N-dealkylation sites (N-methyl/N-ethyl adjacent to an activating group) is 2. The zero-order valence-corrected chi connectivity index (χ0v) is 13.3. The number of nitrogens with zero attached hydrogens (tertiary/aromatic N) is 3. The van der Waals surface area contributed by atoms with Crippen LogP contribution in [0, 0.1) is 0 Å². The molecule has 2 unspecified atom stereocenters. The molecule has 2 rings (SSSR count). The van der Waals surface area contributed by atoms with Gasteiger partial charge < -0.3 is 15.1 Å². The molecular weight excluding hydrogens is 256 g/mol. The van der Waals surface area contributed by atoms with Crippen LogP contribution in [0.15, 0.2) is 6.20 Å². The highest BCUT2D eigenvalue weighted by molar-refractivity contribution is 7.15. The van der Waals surface area contributed by atoms with E-state index in [-0.39, 0.29) is 0 Å². The van der Waals surface area contributed by atoms with Crippen LogP contribution in [-0.4, -0.2) is 49.7 Å². The fourth-order valence-corrected chi connectivity index (χ4v) is 3.58. The Hall–Kier alpha value is -0.650. The Bertz CT molecular complexity index is 393. The smallest absolute Gasteiger partial charge is 0.185 e. The van der Waals surface area contributed by atoms with Crippen LogP contribution in [0.1, 0.15) is 37.6 Å². The molecule has 0 aliphatic carbocycles. The van der Waals surface area contributed by atoms with Gasteiger partial charge >= 0.3 is 0 Å². The molecule has 1 saturated heterocycles. The molecular formula is C14H26N4S. The Morgan fingerprint density at radius 3 is 3.05 bits per heavy atom. The zero-order valence-electron chi connectivity index (χ0n) is 12.5. The second-order valence-corrected chi connectivity index (χ2v) is 6.52. The average Bonchev–Trinajstić information content (AvgIpc) is 2.99. The van der Waals surface area contributed by atoms with Crippen LogP contribution in [0.2, 0.25) is 0 Å². The van der Waals surface area contributed by atoms with Crippen molar-refractivity contribution in [2.75, 3.05) is 38.6 Å². The minimum absolute atomic E-state index is 0.402. The lowest BCUT2D eigenvalue weighted by molar-refractivity contribution is 0.314. The maximum atomic E-state index is 4.57. The van der Waals surface area contributed by atoms with Crippen LogP contribution in [-0.2, 0) is 0 Å². The van der Waals surface area contributed by atoms with E-state index in [9.17, 15) is 0 Å². The summed E-state index contributed by atoms with van der Waals surface area (Å²) < 4.78 is 0. The summed E-state index contributed by atoms with van der Waals surface area (Å²) in [5.41, 5.74) is 0. The van der Waals surface area contributed by atoms with E-state index < -0.39 is 0 Å². The molecule has 1 aliphatic heterocycles. The van der Waals surface area contributed by atoms with Gasteiger partial charge in [0.15, 0.2) is 5.13 Å². The maximum absolute atomic E-state index is 4.57. The Morgan fingerprint density at radius 2 is 2.42 bits per heavy atom. The number of rotatable bonds is 6. The topological polar surface area (TPSA) is 31.4 Å². The van der Waals surface area contributed by atoms with Gasteiger partial charge in [-0.05, 0) is 39.9 Å². The second-order valence-electron chi connectivity index (χ2n) is 5.48. The molecule has 0 radical (unpaired) electrons. The number of anilines is 1. The minimum Gasteiger partial charge on any atom is -0.350 e. The summed E-state index contributed by atoms with van der Waals surface area (Å²) in [4.78, 5) is 10.7. The third-order valence-electron chi connectivity index (χ3n) is 3.93. The zero-order chi connectivity index (χ0) is 13.8. The van der Waals surface area contributed by atoms with Crippen LogP contribution in [0.25, 0.3) is 0 Å². The van der Waals surface area contributed by atoms with Gasteiger partial charge in [0.05, 0.1) is 0 Å². The average molecular weight is 282 g/mol. The summed E-state index contributed by atoms with van der Waals surface area (Å²) in [5.74, 6) is 0. The molecule has 108 valence electrons. The highest BCUT2D eigenvalue weighted by Gasteiger charge is 2.23. The van der Waals surface area contributed by atoms with Gasteiger partial charge in [0.2, 0.25) is 0 Å². The molecule has 0 amide bonds. The molecule has 4 nitrogen and oxygen atoms in total. The van der Waals surface area contributed by atoms with Gasteiger partial charge in [-0.15, -0.1) is 11.3 Å². The standard InChI is InChI=1S/C14H26N4S/c1-5-15-11(2)13-9-16-14(19-13)18(4)10-12-7-6-8-17(12)3/h9,11-12,15H,5-8,10H2,1-4H3. The molecule has 1 aliphatic rings. The molecule has 1 N–H and O–H groups in total. The molecule has 0 saturated carbocycles. The number of thiazole rings is 1. The summed E-state index contributed by atoms with van der Waals surface area (Å²) in [5, 5.41) is 4.58. The van der Waals surface area contributed by atoms with Crippen molar-refractivity contribution in [2.24, 2.45) is 0 Å². The fourth-order valence-electron chi connectivity index (χ4n) is 2.66. The molecule has 0 aromatic carbocycles. The minimum atomic E-state index is 0.402.